The van der Waals surface area contributed by atoms with Crippen molar-refractivity contribution in [3.8, 4) is 11.8 Å². The van der Waals surface area contributed by atoms with Crippen LogP contribution in [0.4, 0.5) is 11.4 Å². The fourth-order valence-corrected chi connectivity index (χ4v) is 4.67. The highest BCUT2D eigenvalue weighted by atomic mass is 35.5. The first-order valence-corrected chi connectivity index (χ1v) is 10.8. The summed E-state index contributed by atoms with van der Waals surface area (Å²) < 4.78 is 5.64. The van der Waals surface area contributed by atoms with E-state index in [-0.39, 0.29) is 11.1 Å². The third kappa shape index (κ3) is 4.70. The van der Waals surface area contributed by atoms with Crippen LogP contribution in [0.15, 0.2) is 42.0 Å². The van der Waals surface area contributed by atoms with Gasteiger partial charge in [-0.2, -0.15) is 5.26 Å². The lowest BCUT2D eigenvalue weighted by Gasteiger charge is -2.47. The minimum atomic E-state index is -0.492. The smallest absolute Gasteiger partial charge is 0.266 e. The molecule has 6 heteroatoms. The Labute approximate surface area is 189 Å². The molecule has 2 aromatic carbocycles. The fraction of sp³-hybridized carbons (Fsp3) is 0.360. The van der Waals surface area contributed by atoms with Crippen molar-refractivity contribution in [1.82, 2.24) is 0 Å². The van der Waals surface area contributed by atoms with Gasteiger partial charge in [0.1, 0.15) is 17.4 Å². The van der Waals surface area contributed by atoms with Gasteiger partial charge in [-0.3, -0.25) is 4.79 Å². The van der Waals surface area contributed by atoms with E-state index in [1.54, 1.807) is 37.5 Å². The number of ether oxygens (including phenoxy) is 1. The van der Waals surface area contributed by atoms with E-state index in [9.17, 15) is 10.1 Å². The Morgan fingerprint density at radius 2 is 2.13 bits per heavy atom. The Kier molecular flexibility index (Phi) is 6.62. The molecule has 1 N–H and O–H groups in total. The average molecular weight is 438 g/mol. The van der Waals surface area contributed by atoms with Crippen LogP contribution in [0.3, 0.4) is 0 Å². The van der Waals surface area contributed by atoms with Crippen molar-refractivity contribution in [2.24, 2.45) is 0 Å². The summed E-state index contributed by atoms with van der Waals surface area (Å²) in [7, 11) is 1.60. The second-order valence-corrected chi connectivity index (χ2v) is 8.89. The molecule has 0 fully saturated rings. The molecule has 1 heterocycles. The quantitative estimate of drug-likeness (QED) is 0.459. The first kappa shape index (κ1) is 22.7. The van der Waals surface area contributed by atoms with Gasteiger partial charge in [0, 0.05) is 40.1 Å². The first-order chi connectivity index (χ1) is 14.7. The van der Waals surface area contributed by atoms with Crippen molar-refractivity contribution in [2.45, 2.75) is 45.6 Å². The highest BCUT2D eigenvalue weighted by molar-refractivity contribution is 6.31. The zero-order valence-corrected chi connectivity index (χ0v) is 19.4. The van der Waals surface area contributed by atoms with E-state index in [2.05, 4.69) is 37.9 Å². The highest BCUT2D eigenvalue weighted by Crippen LogP contribution is 2.45. The second-order valence-electron chi connectivity index (χ2n) is 8.45. The van der Waals surface area contributed by atoms with E-state index in [0.717, 1.165) is 18.7 Å². The number of fused-ring (bicyclic) bond motifs is 1. The number of nitrogens with zero attached hydrogens (tertiary/aromatic N) is 2. The van der Waals surface area contributed by atoms with Gasteiger partial charge in [-0.1, -0.05) is 24.6 Å². The number of carbonyl (C=O) groups is 1. The molecule has 5 nitrogen and oxygen atoms in total. The largest absolute Gasteiger partial charge is 0.496 e. The van der Waals surface area contributed by atoms with Crippen molar-refractivity contribution < 1.29 is 9.53 Å². The summed E-state index contributed by atoms with van der Waals surface area (Å²) >= 11 is 5.98. The Balaban J connectivity index is 2.01. The molecule has 2 aromatic rings. The minimum absolute atomic E-state index is 0.00522. The number of halogens is 1. The molecule has 0 saturated heterocycles. The summed E-state index contributed by atoms with van der Waals surface area (Å²) in [5.74, 6) is 0.482. The highest BCUT2D eigenvalue weighted by Gasteiger charge is 2.36. The molecule has 162 valence electrons. The number of methoxy groups -OCH3 is 1. The average Bonchev–Trinajstić information content (AvgIpc) is 2.71. The molecular weight excluding hydrogens is 410 g/mol. The van der Waals surface area contributed by atoms with Gasteiger partial charge in [0.05, 0.1) is 7.11 Å². The van der Waals surface area contributed by atoms with Gasteiger partial charge in [-0.15, -0.1) is 0 Å². The normalized spacial score (nSPS) is 17.5. The number of anilines is 2. The number of benzene rings is 2. The minimum Gasteiger partial charge on any atom is -0.496 e. The van der Waals surface area contributed by atoms with E-state index < -0.39 is 5.91 Å². The number of nitrogens with one attached hydrogen (secondary N) is 1. The van der Waals surface area contributed by atoms with E-state index in [1.807, 2.05) is 18.2 Å². The molecular formula is C25H28ClN3O2. The third-order valence-electron chi connectivity index (χ3n) is 5.80. The lowest BCUT2D eigenvalue weighted by molar-refractivity contribution is -0.112. The van der Waals surface area contributed by atoms with Crippen LogP contribution < -0.4 is 15.0 Å². The molecule has 1 aliphatic rings. The number of carbonyl (C=O) groups excluding carboxylic acids is 1. The molecule has 1 atom stereocenters. The Hall–Kier alpha value is -2.97. The van der Waals surface area contributed by atoms with Gasteiger partial charge in [-0.25, -0.2) is 0 Å². The monoisotopic (exact) mass is 437 g/mol. The summed E-state index contributed by atoms with van der Waals surface area (Å²) in [5, 5.41) is 12.9. The molecule has 1 aliphatic heterocycles. The molecule has 0 aromatic heterocycles. The predicted molar refractivity (Wildman–Crippen MR) is 127 cm³/mol. The molecule has 31 heavy (non-hydrogen) atoms. The number of hydrogen-bond acceptors (Lipinski definition) is 4. The van der Waals surface area contributed by atoms with Gasteiger partial charge in [0.15, 0.2) is 0 Å². The van der Waals surface area contributed by atoms with E-state index in [0.29, 0.717) is 27.9 Å². The Bertz CT molecular complexity index is 1070. The SMILES string of the molecule is CCN1c2cc(OC)c(/C=C(\C#N)C(=O)Nc3cccc(Cl)c3)cc2C(C)CC1(C)C. The maximum atomic E-state index is 12.7. The molecule has 0 saturated carbocycles. The fourth-order valence-electron chi connectivity index (χ4n) is 4.48. The van der Waals surface area contributed by atoms with Crippen LogP contribution >= 0.6 is 11.6 Å². The van der Waals surface area contributed by atoms with Crippen LogP contribution in [-0.2, 0) is 4.79 Å². The standard InChI is InChI=1S/C25H28ClN3O2/c1-6-29-22-13-23(31-5)17(11-21(22)16(2)14-25(29,3)4)10-18(15-27)24(30)28-20-9-7-8-19(26)12-20/h7-13,16H,6,14H2,1-5H3,(H,28,30)/b18-10+. The molecule has 0 bridgehead atoms. The van der Waals surface area contributed by atoms with Crippen LogP contribution in [0.25, 0.3) is 6.08 Å². The second kappa shape index (κ2) is 9.03. The topological polar surface area (TPSA) is 65.4 Å². The number of amides is 1. The lowest BCUT2D eigenvalue weighted by Crippen LogP contribution is -2.48. The summed E-state index contributed by atoms with van der Waals surface area (Å²) in [6.45, 7) is 9.76. The summed E-state index contributed by atoms with van der Waals surface area (Å²) in [5.41, 5.74) is 3.61. The molecule has 1 amide bonds. The van der Waals surface area contributed by atoms with Crippen LogP contribution in [0, 0.1) is 11.3 Å². The van der Waals surface area contributed by atoms with Gasteiger partial charge >= 0.3 is 0 Å². The van der Waals surface area contributed by atoms with E-state index >= 15 is 0 Å². The molecule has 1 unspecified atom stereocenters. The van der Waals surface area contributed by atoms with Gasteiger partial charge in [0.25, 0.3) is 5.91 Å². The van der Waals surface area contributed by atoms with Crippen LogP contribution in [0.1, 0.15) is 51.2 Å². The summed E-state index contributed by atoms with van der Waals surface area (Å²) in [4.78, 5) is 15.1. The van der Waals surface area contributed by atoms with Crippen LogP contribution in [0.5, 0.6) is 5.75 Å². The van der Waals surface area contributed by atoms with Crippen molar-refractivity contribution in [3.05, 3.63) is 58.1 Å². The molecule has 0 aliphatic carbocycles. The van der Waals surface area contributed by atoms with Gasteiger partial charge < -0.3 is 15.0 Å². The maximum absolute atomic E-state index is 12.7. The van der Waals surface area contributed by atoms with Crippen molar-refractivity contribution in [3.63, 3.8) is 0 Å². The maximum Gasteiger partial charge on any atom is 0.266 e. The lowest BCUT2D eigenvalue weighted by atomic mass is 9.79. The molecule has 0 spiro atoms. The summed E-state index contributed by atoms with van der Waals surface area (Å²) in [6.07, 6.45) is 2.60. The van der Waals surface area contributed by atoms with Crippen LogP contribution in [0.2, 0.25) is 5.02 Å². The van der Waals surface area contributed by atoms with Gasteiger partial charge in [-0.05, 0) is 69.0 Å². The van der Waals surface area contributed by atoms with Crippen LogP contribution in [-0.4, -0.2) is 25.1 Å². The number of rotatable bonds is 5. The first-order valence-electron chi connectivity index (χ1n) is 10.4. The zero-order chi connectivity index (χ0) is 22.8. The predicted octanol–water partition coefficient (Wildman–Crippen LogP) is 6.01. The third-order valence-corrected chi connectivity index (χ3v) is 6.04. The van der Waals surface area contributed by atoms with Gasteiger partial charge in [0.2, 0.25) is 0 Å². The van der Waals surface area contributed by atoms with Crippen molar-refractivity contribution in [2.75, 3.05) is 23.9 Å². The number of nitriles is 1. The Morgan fingerprint density at radius 1 is 1.39 bits per heavy atom. The molecule has 3 rings (SSSR count). The van der Waals surface area contributed by atoms with Crippen molar-refractivity contribution >= 4 is 35.0 Å². The van der Waals surface area contributed by atoms with E-state index in [4.69, 9.17) is 16.3 Å². The van der Waals surface area contributed by atoms with Crippen molar-refractivity contribution in [1.29, 1.82) is 5.26 Å². The number of hydrogen-bond donors (Lipinski definition) is 1. The summed E-state index contributed by atoms with van der Waals surface area (Å²) in [6, 6.07) is 12.9. The zero-order valence-electron chi connectivity index (χ0n) is 18.6. The molecule has 0 radical (unpaired) electrons. The Morgan fingerprint density at radius 3 is 2.74 bits per heavy atom. The van der Waals surface area contributed by atoms with E-state index in [1.165, 1.54) is 5.56 Å².